The maximum absolute atomic E-state index is 12.5. The number of fused-ring (bicyclic) bond motifs is 1. The molecule has 1 fully saturated rings. The van der Waals surface area contributed by atoms with Gasteiger partial charge in [-0.3, -0.25) is 4.79 Å². The maximum Gasteiger partial charge on any atom is 0.224 e. The number of hydrogen-bond acceptors (Lipinski definition) is 3. The van der Waals surface area contributed by atoms with Gasteiger partial charge in [0.15, 0.2) is 11.5 Å². The second kappa shape index (κ2) is 6.56. The molecule has 0 unspecified atom stereocenters. The molecule has 1 N–H and O–H groups in total. The van der Waals surface area contributed by atoms with Crippen LogP contribution in [0.4, 0.5) is 0 Å². The fourth-order valence-electron chi connectivity index (χ4n) is 3.17. The Bertz CT molecular complexity index is 725. The van der Waals surface area contributed by atoms with Gasteiger partial charge in [0.05, 0.1) is 12.5 Å². The fourth-order valence-corrected chi connectivity index (χ4v) is 3.17. The largest absolute Gasteiger partial charge is 0.486 e. The van der Waals surface area contributed by atoms with Gasteiger partial charge in [0, 0.05) is 0 Å². The lowest BCUT2D eigenvalue weighted by Gasteiger charge is -2.20. The van der Waals surface area contributed by atoms with Crippen LogP contribution in [0, 0.1) is 5.92 Å². The van der Waals surface area contributed by atoms with E-state index >= 15 is 0 Å². The highest BCUT2D eigenvalue weighted by molar-refractivity contribution is 5.79. The summed E-state index contributed by atoms with van der Waals surface area (Å²) in [5.41, 5.74) is 2.13. The van der Waals surface area contributed by atoms with Gasteiger partial charge in [-0.1, -0.05) is 36.4 Å². The van der Waals surface area contributed by atoms with Crippen molar-refractivity contribution in [1.29, 1.82) is 0 Å². The Labute approximate surface area is 141 Å². The highest BCUT2D eigenvalue weighted by Crippen LogP contribution is 2.41. The lowest BCUT2D eigenvalue weighted by molar-refractivity contribution is -0.121. The standard InChI is InChI=1S/C20H21NO3/c22-19(13-14-6-9-17-18(12-14)24-11-10-23-17)21-20(16-7-8-16)15-4-2-1-3-5-15/h1-6,9,12,16,20H,7-8,10-11,13H2,(H,21,22)/t20-/m0/s1. The normalized spacial score (nSPS) is 17.2. The molecule has 2 aromatic carbocycles. The third-order valence-electron chi connectivity index (χ3n) is 4.54. The lowest BCUT2D eigenvalue weighted by Crippen LogP contribution is -2.31. The number of ether oxygens (including phenoxy) is 2. The van der Waals surface area contributed by atoms with Gasteiger partial charge in [0.2, 0.25) is 5.91 Å². The second-order valence-corrected chi connectivity index (χ2v) is 6.45. The molecule has 0 radical (unpaired) electrons. The van der Waals surface area contributed by atoms with Gasteiger partial charge >= 0.3 is 0 Å². The monoisotopic (exact) mass is 323 g/mol. The van der Waals surface area contributed by atoms with Crippen molar-refractivity contribution in [2.24, 2.45) is 5.92 Å². The summed E-state index contributed by atoms with van der Waals surface area (Å²) in [5, 5.41) is 3.21. The van der Waals surface area contributed by atoms with Gasteiger partial charge in [0.25, 0.3) is 0 Å². The summed E-state index contributed by atoms with van der Waals surface area (Å²) in [7, 11) is 0. The van der Waals surface area contributed by atoms with Crippen LogP contribution < -0.4 is 14.8 Å². The molecule has 24 heavy (non-hydrogen) atoms. The molecule has 124 valence electrons. The third-order valence-corrected chi connectivity index (χ3v) is 4.54. The molecule has 4 heteroatoms. The van der Waals surface area contributed by atoms with Crippen LogP contribution in [0.15, 0.2) is 48.5 Å². The first-order valence-electron chi connectivity index (χ1n) is 8.52. The summed E-state index contributed by atoms with van der Waals surface area (Å²) >= 11 is 0. The number of benzene rings is 2. The molecular formula is C20H21NO3. The number of nitrogens with one attached hydrogen (secondary N) is 1. The smallest absolute Gasteiger partial charge is 0.224 e. The van der Waals surface area contributed by atoms with Crippen molar-refractivity contribution in [3.8, 4) is 11.5 Å². The van der Waals surface area contributed by atoms with E-state index in [4.69, 9.17) is 9.47 Å². The number of rotatable bonds is 5. The van der Waals surface area contributed by atoms with Crippen molar-refractivity contribution in [2.75, 3.05) is 13.2 Å². The molecule has 2 aliphatic rings. The first kappa shape index (κ1) is 15.1. The minimum Gasteiger partial charge on any atom is -0.486 e. The molecule has 0 saturated heterocycles. The lowest BCUT2D eigenvalue weighted by atomic mass is 10.0. The summed E-state index contributed by atoms with van der Waals surface area (Å²) in [6, 6.07) is 16.1. The minimum absolute atomic E-state index is 0.0485. The van der Waals surface area contributed by atoms with Gasteiger partial charge in [-0.25, -0.2) is 0 Å². The Balaban J connectivity index is 1.44. The van der Waals surface area contributed by atoms with Gasteiger partial charge in [-0.2, -0.15) is 0 Å². The molecule has 1 atom stereocenters. The van der Waals surface area contributed by atoms with Gasteiger partial charge in [0.1, 0.15) is 13.2 Å². The van der Waals surface area contributed by atoms with E-state index in [1.807, 2.05) is 36.4 Å². The molecule has 2 aromatic rings. The zero-order valence-corrected chi connectivity index (χ0v) is 13.5. The van der Waals surface area contributed by atoms with E-state index in [-0.39, 0.29) is 11.9 Å². The average molecular weight is 323 g/mol. The van der Waals surface area contributed by atoms with Crippen molar-refractivity contribution < 1.29 is 14.3 Å². The van der Waals surface area contributed by atoms with E-state index in [2.05, 4.69) is 17.4 Å². The summed E-state index contributed by atoms with van der Waals surface area (Å²) in [6.45, 7) is 1.13. The molecule has 1 heterocycles. The molecule has 0 aromatic heterocycles. The molecular weight excluding hydrogens is 302 g/mol. The summed E-state index contributed by atoms with van der Waals surface area (Å²) in [4.78, 5) is 12.5. The van der Waals surface area contributed by atoms with Crippen molar-refractivity contribution in [3.05, 3.63) is 59.7 Å². The van der Waals surface area contributed by atoms with Gasteiger partial charge in [-0.05, 0) is 42.0 Å². The van der Waals surface area contributed by atoms with Crippen molar-refractivity contribution in [1.82, 2.24) is 5.32 Å². The highest BCUT2D eigenvalue weighted by atomic mass is 16.6. The Kier molecular flexibility index (Phi) is 4.11. The Morgan fingerprint density at radius 1 is 1.04 bits per heavy atom. The third kappa shape index (κ3) is 3.37. The summed E-state index contributed by atoms with van der Waals surface area (Å²) in [5.74, 6) is 2.10. The first-order valence-corrected chi connectivity index (χ1v) is 8.52. The quantitative estimate of drug-likeness (QED) is 0.919. The molecule has 4 rings (SSSR count). The van der Waals surface area contributed by atoms with Crippen LogP contribution in [0.3, 0.4) is 0 Å². The molecule has 1 aliphatic heterocycles. The van der Waals surface area contributed by atoms with Gasteiger partial charge < -0.3 is 14.8 Å². The molecule has 1 aliphatic carbocycles. The number of amides is 1. The van der Waals surface area contributed by atoms with Crippen LogP contribution in [-0.2, 0) is 11.2 Å². The van der Waals surface area contributed by atoms with E-state index in [9.17, 15) is 4.79 Å². The van der Waals surface area contributed by atoms with E-state index in [1.54, 1.807) is 0 Å². The second-order valence-electron chi connectivity index (χ2n) is 6.45. The predicted molar refractivity (Wildman–Crippen MR) is 91.2 cm³/mol. The van der Waals surface area contributed by atoms with Crippen LogP contribution >= 0.6 is 0 Å². The van der Waals surface area contributed by atoms with Crippen molar-refractivity contribution >= 4 is 5.91 Å². The molecule has 0 spiro atoms. The molecule has 1 amide bonds. The highest BCUT2D eigenvalue weighted by Gasteiger charge is 2.33. The number of hydrogen-bond donors (Lipinski definition) is 1. The average Bonchev–Trinajstić information content (AvgIpc) is 3.45. The fraction of sp³-hybridized carbons (Fsp3) is 0.350. The number of carbonyl (C=O) groups excluding carboxylic acids is 1. The van der Waals surface area contributed by atoms with Crippen LogP contribution in [-0.4, -0.2) is 19.1 Å². The topological polar surface area (TPSA) is 47.6 Å². The Morgan fingerprint density at radius 3 is 2.54 bits per heavy atom. The SMILES string of the molecule is O=C(Cc1ccc2c(c1)OCCO2)N[C@@H](c1ccccc1)C1CC1. The van der Waals surface area contributed by atoms with E-state index in [1.165, 1.54) is 18.4 Å². The molecule has 0 bridgehead atoms. The number of carbonyl (C=O) groups is 1. The Hall–Kier alpha value is -2.49. The summed E-state index contributed by atoms with van der Waals surface area (Å²) in [6.07, 6.45) is 2.72. The van der Waals surface area contributed by atoms with Crippen LogP contribution in [0.2, 0.25) is 0 Å². The van der Waals surface area contributed by atoms with Crippen LogP contribution in [0.25, 0.3) is 0 Å². The van der Waals surface area contributed by atoms with Crippen LogP contribution in [0.1, 0.15) is 30.0 Å². The molecule has 1 saturated carbocycles. The van der Waals surface area contributed by atoms with E-state index in [0.29, 0.717) is 25.6 Å². The van der Waals surface area contributed by atoms with Crippen molar-refractivity contribution in [2.45, 2.75) is 25.3 Å². The minimum atomic E-state index is 0.0485. The first-order chi connectivity index (χ1) is 11.8. The Morgan fingerprint density at radius 2 is 1.79 bits per heavy atom. The van der Waals surface area contributed by atoms with Crippen molar-refractivity contribution in [3.63, 3.8) is 0 Å². The predicted octanol–water partition coefficient (Wildman–Crippen LogP) is 3.27. The summed E-state index contributed by atoms with van der Waals surface area (Å²) < 4.78 is 11.1. The molecule has 4 nitrogen and oxygen atoms in total. The van der Waals surface area contributed by atoms with E-state index < -0.39 is 0 Å². The van der Waals surface area contributed by atoms with Crippen LogP contribution in [0.5, 0.6) is 11.5 Å². The zero-order chi connectivity index (χ0) is 16.4. The van der Waals surface area contributed by atoms with Gasteiger partial charge in [-0.15, -0.1) is 0 Å². The van der Waals surface area contributed by atoms with E-state index in [0.717, 1.165) is 17.1 Å². The maximum atomic E-state index is 12.5. The zero-order valence-electron chi connectivity index (χ0n) is 13.5.